The molecule has 0 radical (unpaired) electrons. The monoisotopic (exact) mass is 479 g/mol. The van der Waals surface area contributed by atoms with Crippen LogP contribution < -0.4 is 4.90 Å². The normalized spacial score (nSPS) is 16.1. The molecule has 0 aliphatic carbocycles. The van der Waals surface area contributed by atoms with Crippen LogP contribution in [0.3, 0.4) is 0 Å². The number of benzene rings is 2. The molecule has 1 aliphatic rings. The van der Waals surface area contributed by atoms with Crippen LogP contribution in [-0.2, 0) is 6.18 Å². The van der Waals surface area contributed by atoms with E-state index in [1.807, 2.05) is 4.90 Å². The Morgan fingerprint density at radius 2 is 1.67 bits per heavy atom. The van der Waals surface area contributed by atoms with E-state index in [0.717, 1.165) is 10.7 Å². The average molecular weight is 480 g/mol. The van der Waals surface area contributed by atoms with Crippen molar-refractivity contribution in [1.29, 1.82) is 0 Å². The van der Waals surface area contributed by atoms with Gasteiger partial charge in [0.15, 0.2) is 11.5 Å². The molecule has 2 heterocycles. The van der Waals surface area contributed by atoms with Crippen molar-refractivity contribution in [3.63, 3.8) is 0 Å². The largest absolute Gasteiger partial charge is 0.435 e. The van der Waals surface area contributed by atoms with E-state index in [4.69, 9.17) is 11.6 Å². The van der Waals surface area contributed by atoms with Crippen LogP contribution in [0.15, 0.2) is 54.6 Å². The van der Waals surface area contributed by atoms with Crippen LogP contribution in [0.4, 0.5) is 23.2 Å². The van der Waals surface area contributed by atoms with Gasteiger partial charge >= 0.3 is 6.18 Å². The first kappa shape index (κ1) is 23.3. The van der Waals surface area contributed by atoms with E-state index in [9.17, 15) is 22.4 Å². The third-order valence-electron chi connectivity index (χ3n) is 6.19. The molecule has 0 amide bonds. The molecule has 4 rings (SSSR count). The summed E-state index contributed by atoms with van der Waals surface area (Å²) in [5, 5.41) is 3.85. The second kappa shape index (κ2) is 9.17. The number of carbonyl (C=O) groups excluding carboxylic acids is 1. The van der Waals surface area contributed by atoms with Crippen LogP contribution in [0.1, 0.15) is 35.9 Å². The van der Waals surface area contributed by atoms with Crippen molar-refractivity contribution in [2.24, 2.45) is 11.8 Å². The number of para-hydroxylation sites is 2. The lowest BCUT2D eigenvalue weighted by molar-refractivity contribution is -0.141. The number of ketones is 1. The average Bonchev–Trinajstić information content (AvgIpc) is 3.25. The predicted octanol–water partition coefficient (Wildman–Crippen LogP) is 6.42. The number of rotatable bonds is 5. The summed E-state index contributed by atoms with van der Waals surface area (Å²) >= 11 is 6.18. The molecule has 1 aromatic heterocycles. The Labute approximate surface area is 193 Å². The first-order chi connectivity index (χ1) is 15.7. The van der Waals surface area contributed by atoms with Crippen molar-refractivity contribution in [3.05, 3.63) is 76.8 Å². The molecule has 1 saturated heterocycles. The fourth-order valence-corrected chi connectivity index (χ4v) is 4.51. The van der Waals surface area contributed by atoms with Crippen LogP contribution in [0.25, 0.3) is 5.69 Å². The molecule has 33 heavy (non-hydrogen) atoms. The lowest BCUT2D eigenvalue weighted by Gasteiger charge is -2.35. The Balaban J connectivity index is 1.57. The highest BCUT2D eigenvalue weighted by Crippen LogP contribution is 2.34. The summed E-state index contributed by atoms with van der Waals surface area (Å²) in [5.74, 6) is -1.32. The number of carbonyl (C=O) groups is 1. The summed E-state index contributed by atoms with van der Waals surface area (Å²) in [5.41, 5.74) is -0.576. The lowest BCUT2D eigenvalue weighted by Crippen LogP contribution is -2.38. The summed E-state index contributed by atoms with van der Waals surface area (Å²) < 4.78 is 55.3. The molecule has 1 fully saturated rings. The molecular weight excluding hydrogens is 458 g/mol. The number of anilines is 1. The maximum absolute atomic E-state index is 14.1. The van der Waals surface area contributed by atoms with Gasteiger partial charge in [0.2, 0.25) is 0 Å². The Kier molecular flexibility index (Phi) is 6.47. The van der Waals surface area contributed by atoms with Crippen molar-refractivity contribution in [1.82, 2.24) is 9.78 Å². The summed E-state index contributed by atoms with van der Waals surface area (Å²) in [4.78, 5) is 15.3. The minimum Gasteiger partial charge on any atom is -0.369 e. The number of nitrogens with zero attached hydrogens (tertiary/aromatic N) is 3. The highest BCUT2D eigenvalue weighted by molar-refractivity contribution is 6.32. The van der Waals surface area contributed by atoms with Crippen molar-refractivity contribution >= 4 is 23.1 Å². The molecule has 0 spiro atoms. The molecule has 1 atom stereocenters. The number of alkyl halides is 3. The van der Waals surface area contributed by atoms with E-state index in [1.165, 1.54) is 18.2 Å². The molecule has 9 heteroatoms. The number of aromatic nitrogens is 2. The van der Waals surface area contributed by atoms with Gasteiger partial charge in [0.25, 0.3) is 0 Å². The zero-order chi connectivity index (χ0) is 23.8. The molecule has 0 saturated carbocycles. The van der Waals surface area contributed by atoms with Crippen LogP contribution in [0.2, 0.25) is 5.02 Å². The summed E-state index contributed by atoms with van der Waals surface area (Å²) in [7, 11) is 0. The van der Waals surface area contributed by atoms with Gasteiger partial charge in [-0.15, -0.1) is 0 Å². The van der Waals surface area contributed by atoms with E-state index in [-0.39, 0.29) is 28.1 Å². The number of piperidine rings is 1. The van der Waals surface area contributed by atoms with Crippen molar-refractivity contribution in [2.75, 3.05) is 18.0 Å². The zero-order valence-corrected chi connectivity index (χ0v) is 18.6. The Morgan fingerprint density at radius 1 is 1.06 bits per heavy atom. The minimum atomic E-state index is -4.70. The van der Waals surface area contributed by atoms with Crippen molar-refractivity contribution < 1.29 is 22.4 Å². The van der Waals surface area contributed by atoms with Gasteiger partial charge in [-0.05, 0) is 43.0 Å². The number of hydrogen-bond donors (Lipinski definition) is 0. The number of hydrogen-bond acceptors (Lipinski definition) is 3. The van der Waals surface area contributed by atoms with Gasteiger partial charge in [0.05, 0.1) is 16.4 Å². The van der Waals surface area contributed by atoms with Gasteiger partial charge in [0.1, 0.15) is 11.5 Å². The molecule has 3 aromatic rings. The maximum atomic E-state index is 14.1. The quantitative estimate of drug-likeness (QED) is 0.313. The zero-order valence-electron chi connectivity index (χ0n) is 17.8. The van der Waals surface area contributed by atoms with E-state index < -0.39 is 23.6 Å². The fraction of sp³-hybridized carbons (Fsp3) is 0.333. The molecule has 1 unspecified atom stereocenters. The Hall–Kier alpha value is -2.87. The fourth-order valence-electron chi connectivity index (χ4n) is 4.30. The van der Waals surface area contributed by atoms with Gasteiger partial charge in [-0.25, -0.2) is 9.07 Å². The lowest BCUT2D eigenvalue weighted by atomic mass is 9.82. The summed E-state index contributed by atoms with van der Waals surface area (Å²) in [6.45, 7) is 2.84. The highest BCUT2D eigenvalue weighted by Gasteiger charge is 2.38. The van der Waals surface area contributed by atoms with Crippen LogP contribution in [-0.4, -0.2) is 28.7 Å². The Bertz CT molecular complexity index is 1150. The van der Waals surface area contributed by atoms with E-state index in [0.29, 0.717) is 31.6 Å². The topological polar surface area (TPSA) is 38.1 Å². The van der Waals surface area contributed by atoms with Crippen LogP contribution in [0.5, 0.6) is 0 Å². The molecular formula is C24H22ClF4N3O. The molecule has 4 nitrogen and oxygen atoms in total. The van der Waals surface area contributed by atoms with E-state index >= 15 is 0 Å². The molecule has 0 bridgehead atoms. The van der Waals surface area contributed by atoms with Gasteiger partial charge in [-0.1, -0.05) is 42.8 Å². The molecule has 1 aliphatic heterocycles. The van der Waals surface area contributed by atoms with Crippen molar-refractivity contribution in [3.8, 4) is 5.69 Å². The highest BCUT2D eigenvalue weighted by atomic mass is 35.5. The number of Topliss-reactive ketones (excluding diaryl/α,β-unsaturated/α-hetero) is 1. The minimum absolute atomic E-state index is 0.0514. The van der Waals surface area contributed by atoms with Gasteiger partial charge in [0, 0.05) is 25.1 Å². The molecule has 2 aromatic carbocycles. The van der Waals surface area contributed by atoms with Gasteiger partial charge < -0.3 is 4.90 Å². The molecule has 174 valence electrons. The second-order valence-electron chi connectivity index (χ2n) is 8.20. The third kappa shape index (κ3) is 4.76. The van der Waals surface area contributed by atoms with Crippen molar-refractivity contribution in [2.45, 2.75) is 25.9 Å². The predicted molar refractivity (Wildman–Crippen MR) is 118 cm³/mol. The summed E-state index contributed by atoms with van der Waals surface area (Å²) in [6, 6.07) is 13.6. The van der Waals surface area contributed by atoms with Gasteiger partial charge in [-0.3, -0.25) is 4.79 Å². The van der Waals surface area contributed by atoms with Crippen LogP contribution in [0, 0.1) is 17.7 Å². The van der Waals surface area contributed by atoms with E-state index in [1.54, 1.807) is 37.3 Å². The van der Waals surface area contributed by atoms with Gasteiger partial charge in [-0.2, -0.15) is 18.3 Å². The third-order valence-corrected chi connectivity index (χ3v) is 6.51. The first-order valence-electron chi connectivity index (χ1n) is 10.6. The standard InChI is InChI=1S/C24H22ClF4N3O/c1-15(16-10-12-31(13-11-16)20-9-5-3-7-18(20)26)23(33)21-14-22(24(27,28)29)30-32(21)19-8-4-2-6-17(19)25/h2-9,14-16H,10-13H2,1H3. The first-order valence-corrected chi connectivity index (χ1v) is 11.0. The van der Waals surface area contributed by atoms with Crippen LogP contribution >= 0.6 is 11.6 Å². The second-order valence-corrected chi connectivity index (χ2v) is 8.61. The SMILES string of the molecule is CC(C(=O)c1cc(C(F)(F)F)nn1-c1ccccc1Cl)C1CCN(c2ccccc2F)CC1. The van der Waals surface area contributed by atoms with E-state index in [2.05, 4.69) is 5.10 Å². The smallest absolute Gasteiger partial charge is 0.369 e. The number of halogens is 5. The summed E-state index contributed by atoms with van der Waals surface area (Å²) in [6.07, 6.45) is -3.46. The molecule has 0 N–H and O–H groups in total. The maximum Gasteiger partial charge on any atom is 0.435 e. The Morgan fingerprint density at radius 3 is 2.27 bits per heavy atom.